The number of ketones is 1. The molecule has 610 valence electrons. The van der Waals surface area contributed by atoms with Gasteiger partial charge in [-0.15, -0.1) is 0 Å². The number of carbonyl (C=O) groups is 11. The molecule has 5 aliphatic rings. The van der Waals surface area contributed by atoms with Gasteiger partial charge in [0.1, 0.15) is 31.0 Å². The normalized spacial score (nSPS) is 23.0. The first-order chi connectivity index (χ1) is 52.8. The fourth-order valence-corrected chi connectivity index (χ4v) is 16.9. The number of anilines is 2. The molecule has 0 aromatic heterocycles. The Labute approximate surface area is 648 Å². The van der Waals surface area contributed by atoms with Gasteiger partial charge < -0.3 is 81.5 Å². The maximum atomic E-state index is 14.9. The van der Waals surface area contributed by atoms with Crippen molar-refractivity contribution < 1.29 is 102 Å². The molecule has 3 aromatic rings. The van der Waals surface area contributed by atoms with Crippen LogP contribution >= 0.6 is 0 Å². The van der Waals surface area contributed by atoms with E-state index in [2.05, 4.69) is 83.1 Å². The molecule has 3 aromatic carbocycles. The fourth-order valence-electron chi connectivity index (χ4n) is 16.9. The van der Waals surface area contributed by atoms with Gasteiger partial charge in [0.15, 0.2) is 5.78 Å². The SMILES string of the molecule is Cc1ccc2c(c1)[C@@]1(C)CCC[C@](C)(C(=O)NC(=O)[C@@]3(C)CCC[C@]4(C)c5cc(NC(=O)OCc6ccc(NC(=O)[C@H](CCCNC(N)=O)CC(=O)[C@@H](NC(=O)[C@@H](CCC(=O)NC[C@H](O)[C@@H](O)[C@H](O)[C@H](O)CO)NC(=O)CCOCCOCCOCCOCCN7C(=O)C=CC7=O)C(C)C)cc6)ccc5CC[C@@H]34)[C@@H]1CC2. The highest BCUT2D eigenvalue weighted by Gasteiger charge is 2.59. The van der Waals surface area contributed by atoms with Crippen molar-refractivity contribution in [2.45, 2.75) is 205 Å². The number of aliphatic hydroxyl groups excluding tert-OH is 5. The van der Waals surface area contributed by atoms with Crippen molar-refractivity contribution in [3.8, 4) is 0 Å². The molecule has 8 rings (SSSR count). The molecule has 4 aliphatic carbocycles. The van der Waals surface area contributed by atoms with Gasteiger partial charge in [0, 0.05) is 61.8 Å². The Morgan fingerprint density at radius 3 is 1.74 bits per heavy atom. The summed E-state index contributed by atoms with van der Waals surface area (Å²) in [6.45, 7) is 13.7. The third kappa shape index (κ3) is 23.3. The Bertz CT molecular complexity index is 3780. The highest BCUT2D eigenvalue weighted by atomic mass is 16.6. The number of aliphatic hydroxyl groups is 5. The first kappa shape index (κ1) is 88.0. The van der Waals surface area contributed by atoms with Crippen LogP contribution in [0.1, 0.15) is 165 Å². The summed E-state index contributed by atoms with van der Waals surface area (Å²) in [5.74, 6) is -6.22. The van der Waals surface area contributed by atoms with E-state index in [1.807, 2.05) is 25.1 Å². The van der Waals surface area contributed by atoms with E-state index < -0.39 is 144 Å². The number of hydrogen-bond acceptors (Lipinski definition) is 21. The molecular formula is C81H115N9O21. The lowest BCUT2D eigenvalue weighted by Crippen LogP contribution is -2.60. The van der Waals surface area contributed by atoms with Gasteiger partial charge in [-0.25, -0.2) is 9.59 Å². The van der Waals surface area contributed by atoms with Crippen molar-refractivity contribution in [1.29, 1.82) is 0 Å². The topological polar surface area (TPSA) is 449 Å². The number of primary amides is 1. The standard InChI is InChI=1S/C81H115N9O21/c1-49(2)69(88-73(102)59(22-25-65(95)84-46-61(93)70(99)71(100)62(94)47-91)87-66(96)28-35-107-37-39-109-41-42-110-40-38-108-36-34-90-67(97)26-27-68(90)98)60(92)44-54(11-8-33-83-76(82)105)72(101)85-55-19-13-51(14-20-55)48-111-77(106)86-56-21-16-53-18-24-64-79(5,58(53)45-56)30-10-32-81(64,7)75(104)89-74(103)80(6)31-9-29-78(4)57-43-50(3)12-15-52(57)17-23-63(78)80/h12-16,19-21,26-27,43,45,49,54,59,61-64,69-71,91,93-94,99-100H,8-11,17-18,22-25,28-42,44,46-48H2,1-7H3,(H,84,95)(H,85,101)(H,86,106)(H,87,96)(H,88,102)(H3,82,83,105)(H,89,103,104)/t54-,59-,61+,62-,63-,64-,69+,70-,71-,78-,79-,80+,81+/m1/s1. The Kier molecular flexibility index (Phi) is 32.3. The minimum absolute atomic E-state index is 0.0684. The van der Waals surface area contributed by atoms with Crippen molar-refractivity contribution in [3.05, 3.63) is 106 Å². The number of carbonyl (C=O) groups excluding carboxylic acids is 11. The number of rotatable bonds is 42. The number of hydrogen-bond donors (Lipinski definition) is 13. The molecule has 0 bridgehead atoms. The van der Waals surface area contributed by atoms with Crippen molar-refractivity contribution in [1.82, 2.24) is 31.5 Å². The van der Waals surface area contributed by atoms with E-state index in [9.17, 15) is 73.2 Å². The van der Waals surface area contributed by atoms with Gasteiger partial charge in [-0.2, -0.15) is 0 Å². The van der Waals surface area contributed by atoms with E-state index in [0.29, 0.717) is 23.4 Å². The molecule has 13 atom stereocenters. The minimum atomic E-state index is -1.97. The zero-order valence-corrected chi connectivity index (χ0v) is 65.0. The van der Waals surface area contributed by atoms with Crippen molar-refractivity contribution in [2.75, 3.05) is 89.7 Å². The van der Waals surface area contributed by atoms with Gasteiger partial charge in [0.25, 0.3) is 11.8 Å². The smallest absolute Gasteiger partial charge is 0.411 e. The zero-order chi connectivity index (χ0) is 80.8. The lowest BCUT2D eigenvalue weighted by atomic mass is 9.49. The molecule has 0 saturated heterocycles. The van der Waals surface area contributed by atoms with Crippen LogP contribution in [0.15, 0.2) is 72.8 Å². The number of ether oxygens (including phenoxy) is 5. The van der Waals surface area contributed by atoms with E-state index in [-0.39, 0.29) is 127 Å². The number of nitrogens with zero attached hydrogens (tertiary/aromatic N) is 1. The molecule has 1 aliphatic heterocycles. The predicted octanol–water partition coefficient (Wildman–Crippen LogP) is 4.41. The molecule has 11 amide bonds. The maximum Gasteiger partial charge on any atom is 0.411 e. The molecule has 0 radical (unpaired) electrons. The summed E-state index contributed by atoms with van der Waals surface area (Å²) in [6, 6.07) is 15.6. The number of nitrogens with one attached hydrogen (secondary N) is 7. The van der Waals surface area contributed by atoms with Gasteiger partial charge in [-0.1, -0.05) is 96.3 Å². The minimum Gasteiger partial charge on any atom is -0.444 e. The highest BCUT2D eigenvalue weighted by Crippen LogP contribution is 2.60. The maximum absolute atomic E-state index is 14.9. The first-order valence-electron chi connectivity index (χ1n) is 38.8. The van der Waals surface area contributed by atoms with Crippen LogP contribution in [0.25, 0.3) is 0 Å². The molecule has 2 fully saturated rings. The van der Waals surface area contributed by atoms with Gasteiger partial charge in [0.2, 0.25) is 35.4 Å². The lowest BCUT2D eigenvalue weighted by molar-refractivity contribution is -0.150. The average molecular weight is 1550 g/mol. The number of Topliss-reactive ketones (excluding diaryl/α,β-unsaturated/α-hetero) is 1. The number of amides is 11. The van der Waals surface area contributed by atoms with E-state index >= 15 is 0 Å². The van der Waals surface area contributed by atoms with Crippen molar-refractivity contribution in [2.24, 2.45) is 40.2 Å². The third-order valence-electron chi connectivity index (χ3n) is 23.2. The van der Waals surface area contributed by atoms with Crippen LogP contribution in [-0.4, -0.2) is 211 Å². The molecule has 14 N–H and O–H groups in total. The van der Waals surface area contributed by atoms with E-state index in [0.717, 1.165) is 73.8 Å². The second-order valence-electron chi connectivity index (χ2n) is 31.4. The summed E-state index contributed by atoms with van der Waals surface area (Å²) in [4.78, 5) is 148. The van der Waals surface area contributed by atoms with Crippen LogP contribution < -0.4 is 43.0 Å². The zero-order valence-electron chi connectivity index (χ0n) is 65.0. The second-order valence-corrected chi connectivity index (χ2v) is 31.4. The first-order valence-corrected chi connectivity index (χ1v) is 38.8. The molecule has 0 unspecified atom stereocenters. The van der Waals surface area contributed by atoms with Crippen LogP contribution in [0, 0.1) is 41.4 Å². The molecule has 0 spiro atoms. The molecule has 30 nitrogen and oxygen atoms in total. The number of imide groups is 2. The van der Waals surface area contributed by atoms with E-state index in [4.69, 9.17) is 34.5 Å². The number of urea groups is 1. The number of benzene rings is 3. The molecular weight excluding hydrogens is 1430 g/mol. The number of nitrogens with two attached hydrogens (primary N) is 1. The van der Waals surface area contributed by atoms with Gasteiger partial charge in [-0.05, 0) is 158 Å². The molecule has 2 saturated carbocycles. The van der Waals surface area contributed by atoms with Crippen LogP contribution in [0.5, 0.6) is 0 Å². The van der Waals surface area contributed by atoms with Crippen LogP contribution in [0.3, 0.4) is 0 Å². The van der Waals surface area contributed by atoms with Crippen LogP contribution in [0.4, 0.5) is 21.0 Å². The lowest BCUT2D eigenvalue weighted by Gasteiger charge is -2.56. The summed E-state index contributed by atoms with van der Waals surface area (Å²) >= 11 is 0. The third-order valence-corrected chi connectivity index (χ3v) is 23.2. The van der Waals surface area contributed by atoms with Gasteiger partial charge in [-0.3, -0.25) is 58.7 Å². The largest absolute Gasteiger partial charge is 0.444 e. The quantitative estimate of drug-likeness (QED) is 0.0276. The van der Waals surface area contributed by atoms with Crippen LogP contribution in [-0.2, 0) is 97.1 Å². The van der Waals surface area contributed by atoms with E-state index in [1.165, 1.54) is 28.8 Å². The number of aryl methyl sites for hydroxylation is 3. The Morgan fingerprint density at radius 2 is 1.16 bits per heavy atom. The predicted molar refractivity (Wildman–Crippen MR) is 408 cm³/mol. The monoisotopic (exact) mass is 1550 g/mol. The highest BCUT2D eigenvalue weighted by molar-refractivity contribution is 6.13. The summed E-state index contributed by atoms with van der Waals surface area (Å²) < 4.78 is 27.7. The van der Waals surface area contributed by atoms with Crippen molar-refractivity contribution in [3.63, 3.8) is 0 Å². The Balaban J connectivity index is 0.826. The Morgan fingerprint density at radius 1 is 0.613 bits per heavy atom. The summed E-state index contributed by atoms with van der Waals surface area (Å²) in [5.41, 5.74) is 10.7. The van der Waals surface area contributed by atoms with Gasteiger partial charge >= 0.3 is 12.1 Å². The average Bonchev–Trinajstić information content (AvgIpc) is 0.892. The van der Waals surface area contributed by atoms with Crippen LogP contribution in [0.2, 0.25) is 0 Å². The Hall–Kier alpha value is -8.59. The van der Waals surface area contributed by atoms with Gasteiger partial charge in [0.05, 0.1) is 89.0 Å². The summed E-state index contributed by atoms with van der Waals surface area (Å²) in [7, 11) is 0. The molecule has 1 heterocycles. The second kappa shape index (κ2) is 40.7. The van der Waals surface area contributed by atoms with Crippen molar-refractivity contribution >= 4 is 76.5 Å². The number of fused-ring (bicyclic) bond motifs is 6. The fraction of sp³-hybridized carbons (Fsp3) is 0.617. The summed E-state index contributed by atoms with van der Waals surface area (Å²) in [5, 5.41) is 68.5. The summed E-state index contributed by atoms with van der Waals surface area (Å²) in [6.07, 6.45) is 1.13. The van der Waals surface area contributed by atoms with E-state index in [1.54, 1.807) is 38.1 Å². The molecule has 30 heteroatoms. The molecule has 111 heavy (non-hydrogen) atoms.